The van der Waals surface area contributed by atoms with E-state index in [0.717, 1.165) is 25.9 Å². The van der Waals surface area contributed by atoms with Gasteiger partial charge in [0.25, 0.3) is 5.91 Å². The Morgan fingerprint density at radius 1 is 1.21 bits per heavy atom. The summed E-state index contributed by atoms with van der Waals surface area (Å²) in [4.78, 5) is 28.7. The van der Waals surface area contributed by atoms with Gasteiger partial charge >= 0.3 is 0 Å². The number of nitrogens with zero attached hydrogens (tertiary/aromatic N) is 2. The lowest BCUT2D eigenvalue weighted by molar-refractivity contribution is -0.126. The Labute approximate surface area is 142 Å². The number of amides is 2. The minimum absolute atomic E-state index is 0.0173. The molecule has 2 aliphatic rings. The summed E-state index contributed by atoms with van der Waals surface area (Å²) in [5, 5.41) is 3.05. The van der Waals surface area contributed by atoms with Gasteiger partial charge in [0, 0.05) is 37.8 Å². The van der Waals surface area contributed by atoms with E-state index < -0.39 is 0 Å². The molecule has 1 aliphatic heterocycles. The highest BCUT2D eigenvalue weighted by atomic mass is 16.5. The van der Waals surface area contributed by atoms with Crippen molar-refractivity contribution >= 4 is 11.8 Å². The van der Waals surface area contributed by atoms with Gasteiger partial charge in [-0.25, -0.2) is 0 Å². The number of carbonyl (C=O) groups is 2. The van der Waals surface area contributed by atoms with Gasteiger partial charge in [-0.15, -0.1) is 0 Å². The topological polar surface area (TPSA) is 61.9 Å². The van der Waals surface area contributed by atoms with Crippen molar-refractivity contribution in [2.45, 2.75) is 31.8 Å². The van der Waals surface area contributed by atoms with Crippen LogP contribution >= 0.6 is 0 Å². The number of benzene rings is 1. The monoisotopic (exact) mass is 331 g/mol. The van der Waals surface area contributed by atoms with Gasteiger partial charge in [0.15, 0.2) is 0 Å². The Kier molecular flexibility index (Phi) is 5.04. The summed E-state index contributed by atoms with van der Waals surface area (Å²) in [7, 11) is 1.59. The van der Waals surface area contributed by atoms with Crippen molar-refractivity contribution in [2.75, 3.05) is 33.3 Å². The smallest absolute Gasteiger partial charge is 0.254 e. The standard InChI is InChI=1S/C18H25N3O3/c1-13(17(22)19-15-6-7-15)20-8-10-21(11-9-20)18(23)14-4-3-5-16(12-14)24-2/h3-5,12-13,15H,6-11H2,1-2H3,(H,19,22). The van der Waals surface area contributed by atoms with Crippen LogP contribution in [-0.2, 0) is 4.79 Å². The minimum Gasteiger partial charge on any atom is -0.497 e. The second-order valence-electron chi connectivity index (χ2n) is 6.52. The molecular weight excluding hydrogens is 306 g/mol. The number of hydrogen-bond donors (Lipinski definition) is 1. The highest BCUT2D eigenvalue weighted by molar-refractivity contribution is 5.94. The molecule has 1 aliphatic carbocycles. The van der Waals surface area contributed by atoms with Gasteiger partial charge in [0.1, 0.15) is 5.75 Å². The molecule has 1 saturated heterocycles. The molecule has 2 fully saturated rings. The molecule has 6 heteroatoms. The van der Waals surface area contributed by atoms with Gasteiger partial charge < -0.3 is 15.0 Å². The Morgan fingerprint density at radius 3 is 2.54 bits per heavy atom. The summed E-state index contributed by atoms with van der Waals surface area (Å²) in [6, 6.07) is 7.47. The molecule has 2 amide bonds. The van der Waals surface area contributed by atoms with Crippen molar-refractivity contribution in [1.82, 2.24) is 15.1 Å². The molecular formula is C18H25N3O3. The van der Waals surface area contributed by atoms with Crippen molar-refractivity contribution in [1.29, 1.82) is 0 Å². The fraction of sp³-hybridized carbons (Fsp3) is 0.556. The summed E-state index contributed by atoms with van der Waals surface area (Å²) in [5.74, 6) is 0.804. The van der Waals surface area contributed by atoms with Gasteiger partial charge in [-0.2, -0.15) is 0 Å². The minimum atomic E-state index is -0.139. The third-order valence-electron chi connectivity index (χ3n) is 4.77. The van der Waals surface area contributed by atoms with Crippen LogP contribution < -0.4 is 10.1 Å². The average molecular weight is 331 g/mol. The molecule has 1 unspecified atom stereocenters. The van der Waals surface area contributed by atoms with Gasteiger partial charge in [-0.1, -0.05) is 6.07 Å². The highest BCUT2D eigenvalue weighted by Crippen LogP contribution is 2.20. The van der Waals surface area contributed by atoms with Crippen LogP contribution in [0.2, 0.25) is 0 Å². The molecule has 130 valence electrons. The van der Waals surface area contributed by atoms with Crippen LogP contribution in [0.1, 0.15) is 30.1 Å². The Balaban J connectivity index is 1.53. The molecule has 0 spiro atoms. The molecule has 0 radical (unpaired) electrons. The quantitative estimate of drug-likeness (QED) is 0.878. The number of nitrogens with one attached hydrogen (secondary N) is 1. The fourth-order valence-electron chi connectivity index (χ4n) is 2.97. The number of carbonyl (C=O) groups excluding carboxylic acids is 2. The van der Waals surface area contributed by atoms with Crippen LogP contribution in [0.4, 0.5) is 0 Å². The van der Waals surface area contributed by atoms with E-state index in [1.165, 1.54) is 0 Å². The lowest BCUT2D eigenvalue weighted by Gasteiger charge is -2.37. The van der Waals surface area contributed by atoms with E-state index >= 15 is 0 Å². The first-order valence-electron chi connectivity index (χ1n) is 8.56. The number of ether oxygens (including phenoxy) is 1. The van der Waals surface area contributed by atoms with Crippen molar-refractivity contribution in [2.24, 2.45) is 0 Å². The molecule has 0 aromatic heterocycles. The molecule has 0 bridgehead atoms. The lowest BCUT2D eigenvalue weighted by Crippen LogP contribution is -2.55. The maximum atomic E-state index is 12.6. The van der Waals surface area contributed by atoms with E-state index in [1.807, 2.05) is 30.0 Å². The first kappa shape index (κ1) is 16.8. The lowest BCUT2D eigenvalue weighted by atomic mass is 10.1. The summed E-state index contributed by atoms with van der Waals surface area (Å²) < 4.78 is 5.18. The fourth-order valence-corrected chi connectivity index (χ4v) is 2.97. The second kappa shape index (κ2) is 7.21. The van der Waals surface area contributed by atoms with Crippen LogP contribution in [0.15, 0.2) is 24.3 Å². The van der Waals surface area contributed by atoms with Gasteiger partial charge in [0.2, 0.25) is 5.91 Å². The molecule has 24 heavy (non-hydrogen) atoms. The molecule has 3 rings (SSSR count). The SMILES string of the molecule is COc1cccc(C(=O)N2CCN(C(C)C(=O)NC3CC3)CC2)c1. The maximum Gasteiger partial charge on any atom is 0.254 e. The van der Waals surface area contributed by atoms with Crippen molar-refractivity contribution in [3.8, 4) is 5.75 Å². The van der Waals surface area contributed by atoms with Crippen LogP contribution in [0, 0.1) is 0 Å². The zero-order chi connectivity index (χ0) is 17.1. The number of methoxy groups -OCH3 is 1. The molecule has 1 aromatic rings. The predicted octanol–water partition coefficient (Wildman–Crippen LogP) is 1.12. The Hall–Kier alpha value is -2.08. The summed E-state index contributed by atoms with van der Waals surface area (Å²) in [5.41, 5.74) is 0.641. The van der Waals surface area contributed by atoms with E-state index in [0.29, 0.717) is 30.4 Å². The average Bonchev–Trinajstić information content (AvgIpc) is 3.44. The van der Waals surface area contributed by atoms with Crippen molar-refractivity contribution in [3.63, 3.8) is 0 Å². The number of hydrogen-bond acceptors (Lipinski definition) is 4. The molecule has 6 nitrogen and oxygen atoms in total. The van der Waals surface area contributed by atoms with Crippen LogP contribution in [0.25, 0.3) is 0 Å². The Bertz CT molecular complexity index is 607. The highest BCUT2D eigenvalue weighted by Gasteiger charge is 2.31. The summed E-state index contributed by atoms with van der Waals surface area (Å²) >= 11 is 0. The van der Waals surface area contributed by atoms with E-state index in [2.05, 4.69) is 10.2 Å². The summed E-state index contributed by atoms with van der Waals surface area (Å²) in [6.45, 7) is 4.65. The van der Waals surface area contributed by atoms with E-state index in [4.69, 9.17) is 4.74 Å². The van der Waals surface area contributed by atoms with E-state index in [9.17, 15) is 9.59 Å². The van der Waals surface area contributed by atoms with Crippen LogP contribution in [0.5, 0.6) is 5.75 Å². The normalized spacial score (nSPS) is 19.7. The third kappa shape index (κ3) is 3.87. The largest absolute Gasteiger partial charge is 0.497 e. The van der Waals surface area contributed by atoms with Crippen LogP contribution in [-0.4, -0.2) is 67.0 Å². The third-order valence-corrected chi connectivity index (χ3v) is 4.77. The zero-order valence-corrected chi connectivity index (χ0v) is 14.3. The molecule has 1 N–H and O–H groups in total. The zero-order valence-electron chi connectivity index (χ0n) is 14.3. The second-order valence-corrected chi connectivity index (χ2v) is 6.52. The van der Waals surface area contributed by atoms with Gasteiger partial charge in [0.05, 0.1) is 13.2 Å². The first-order chi connectivity index (χ1) is 11.6. The number of rotatable bonds is 5. The predicted molar refractivity (Wildman–Crippen MR) is 91.1 cm³/mol. The molecule has 1 aromatic carbocycles. The first-order valence-corrected chi connectivity index (χ1v) is 8.56. The van der Waals surface area contributed by atoms with Crippen LogP contribution in [0.3, 0.4) is 0 Å². The maximum absolute atomic E-state index is 12.6. The molecule has 1 saturated carbocycles. The Morgan fingerprint density at radius 2 is 1.92 bits per heavy atom. The van der Waals surface area contributed by atoms with Crippen molar-refractivity contribution in [3.05, 3.63) is 29.8 Å². The molecule has 1 heterocycles. The molecule has 1 atom stereocenters. The van der Waals surface area contributed by atoms with Gasteiger partial charge in [-0.05, 0) is 38.0 Å². The van der Waals surface area contributed by atoms with Gasteiger partial charge in [-0.3, -0.25) is 14.5 Å². The van der Waals surface area contributed by atoms with E-state index in [-0.39, 0.29) is 17.9 Å². The van der Waals surface area contributed by atoms with Crippen molar-refractivity contribution < 1.29 is 14.3 Å². The van der Waals surface area contributed by atoms with E-state index in [1.54, 1.807) is 13.2 Å². The summed E-state index contributed by atoms with van der Waals surface area (Å²) in [6.07, 6.45) is 2.20. The number of piperazine rings is 1.